The monoisotopic (exact) mass is 344 g/mol. The quantitative estimate of drug-likeness (QED) is 0.474. The van der Waals surface area contributed by atoms with Crippen LogP contribution in [0.3, 0.4) is 0 Å². The van der Waals surface area contributed by atoms with Gasteiger partial charge in [0.1, 0.15) is 5.82 Å². The molecule has 0 radical (unpaired) electrons. The molecule has 0 aliphatic carbocycles. The first-order chi connectivity index (χ1) is 9.96. The van der Waals surface area contributed by atoms with E-state index in [1.54, 1.807) is 6.07 Å². The maximum atomic E-state index is 11.9. The molecule has 1 aromatic carbocycles. The smallest absolute Gasteiger partial charge is 0.234 e. The minimum atomic E-state index is -3.49. The fourth-order valence-electron chi connectivity index (χ4n) is 1.48. The van der Waals surface area contributed by atoms with Gasteiger partial charge in [-0.3, -0.25) is 4.72 Å². The van der Waals surface area contributed by atoms with Crippen molar-refractivity contribution in [3.05, 3.63) is 41.8 Å². The molecule has 2 rings (SSSR count). The number of anilines is 2. The number of nitrogen functional groups attached to an aromatic ring is 1. The Labute approximate surface area is 132 Å². The van der Waals surface area contributed by atoms with Crippen LogP contribution in [0.4, 0.5) is 11.5 Å². The molecule has 6 nitrogen and oxygen atoms in total. The number of nitrogens with zero attached hydrogens (tertiary/aromatic N) is 2. The van der Waals surface area contributed by atoms with Crippen LogP contribution >= 0.6 is 23.4 Å². The number of nitrogens with two attached hydrogens (primary N) is 1. The lowest BCUT2D eigenvalue weighted by Crippen LogP contribution is -2.19. The van der Waals surface area contributed by atoms with Crippen molar-refractivity contribution in [3.63, 3.8) is 0 Å². The summed E-state index contributed by atoms with van der Waals surface area (Å²) >= 11 is 6.99. The Morgan fingerprint density at radius 3 is 2.76 bits per heavy atom. The zero-order valence-corrected chi connectivity index (χ0v) is 13.2. The molecule has 0 saturated carbocycles. The molecule has 9 heteroatoms. The largest absolute Gasteiger partial charge is 0.398 e. The Kier molecular flexibility index (Phi) is 5.27. The predicted molar refractivity (Wildman–Crippen MR) is 86.0 cm³/mol. The highest BCUT2D eigenvalue weighted by molar-refractivity contribution is 8.01. The molecule has 2 aromatic rings. The molecular formula is C12H13ClN4O2S2. The summed E-state index contributed by atoms with van der Waals surface area (Å²) in [5, 5.41) is -0.0124. The Bertz CT molecular complexity index is 725. The van der Waals surface area contributed by atoms with Gasteiger partial charge in [0.2, 0.25) is 15.3 Å². The summed E-state index contributed by atoms with van der Waals surface area (Å²) in [6.07, 6.45) is 1.38. The maximum absolute atomic E-state index is 11.9. The topological polar surface area (TPSA) is 98.0 Å². The summed E-state index contributed by atoms with van der Waals surface area (Å²) in [6.45, 7) is 0. The Morgan fingerprint density at radius 2 is 2.05 bits per heavy atom. The molecular weight excluding hydrogens is 332 g/mol. The third kappa shape index (κ3) is 5.07. The SMILES string of the molecule is Nc1ccccc1SCCS(=O)(=O)Nc1ccnc(Cl)n1. The van der Waals surface area contributed by atoms with Crippen molar-refractivity contribution in [2.75, 3.05) is 22.0 Å². The molecule has 0 atom stereocenters. The number of hydrogen-bond donors (Lipinski definition) is 2. The van der Waals surface area contributed by atoms with E-state index in [0.717, 1.165) is 4.90 Å². The lowest BCUT2D eigenvalue weighted by atomic mass is 10.3. The third-order valence-electron chi connectivity index (χ3n) is 2.41. The van der Waals surface area contributed by atoms with Crippen LogP contribution in [0, 0.1) is 0 Å². The number of benzene rings is 1. The van der Waals surface area contributed by atoms with E-state index < -0.39 is 10.0 Å². The summed E-state index contributed by atoms with van der Waals surface area (Å²) in [6, 6.07) is 8.75. The van der Waals surface area contributed by atoms with Crippen LogP contribution in [0.5, 0.6) is 0 Å². The van der Waals surface area contributed by atoms with Crippen molar-refractivity contribution in [3.8, 4) is 0 Å². The molecule has 3 N–H and O–H groups in total. The van der Waals surface area contributed by atoms with Gasteiger partial charge >= 0.3 is 0 Å². The van der Waals surface area contributed by atoms with Gasteiger partial charge < -0.3 is 5.73 Å². The van der Waals surface area contributed by atoms with E-state index in [1.165, 1.54) is 24.0 Å². The number of thioether (sulfide) groups is 1. The molecule has 0 saturated heterocycles. The van der Waals surface area contributed by atoms with Crippen LogP contribution in [0.25, 0.3) is 0 Å². The summed E-state index contributed by atoms with van der Waals surface area (Å²) < 4.78 is 26.2. The van der Waals surface area contributed by atoms with E-state index in [1.807, 2.05) is 18.2 Å². The summed E-state index contributed by atoms with van der Waals surface area (Å²) in [5.41, 5.74) is 6.43. The number of sulfonamides is 1. The fourth-order valence-corrected chi connectivity index (χ4v) is 4.00. The molecule has 21 heavy (non-hydrogen) atoms. The van der Waals surface area contributed by atoms with Gasteiger partial charge in [0.25, 0.3) is 0 Å². The highest BCUT2D eigenvalue weighted by Gasteiger charge is 2.12. The van der Waals surface area contributed by atoms with E-state index in [9.17, 15) is 8.42 Å². The molecule has 1 aromatic heterocycles. The molecule has 0 unspecified atom stereocenters. The van der Waals surface area contributed by atoms with Gasteiger partial charge in [0, 0.05) is 22.5 Å². The number of nitrogens with one attached hydrogen (secondary N) is 1. The molecule has 1 heterocycles. The van der Waals surface area contributed by atoms with E-state index in [-0.39, 0.29) is 16.9 Å². The second-order valence-electron chi connectivity index (χ2n) is 4.02. The highest BCUT2D eigenvalue weighted by Crippen LogP contribution is 2.24. The highest BCUT2D eigenvalue weighted by atomic mass is 35.5. The van der Waals surface area contributed by atoms with Gasteiger partial charge in [-0.2, -0.15) is 4.98 Å². The molecule has 0 fully saturated rings. The zero-order chi connectivity index (χ0) is 15.3. The van der Waals surface area contributed by atoms with Crippen molar-refractivity contribution in [2.24, 2.45) is 0 Å². The first kappa shape index (κ1) is 15.9. The van der Waals surface area contributed by atoms with E-state index in [4.69, 9.17) is 17.3 Å². The summed E-state index contributed by atoms with van der Waals surface area (Å²) in [7, 11) is -3.49. The number of halogens is 1. The van der Waals surface area contributed by atoms with Crippen molar-refractivity contribution in [1.29, 1.82) is 0 Å². The number of para-hydroxylation sites is 1. The van der Waals surface area contributed by atoms with Gasteiger partial charge in [-0.15, -0.1) is 11.8 Å². The van der Waals surface area contributed by atoms with Gasteiger partial charge in [0.15, 0.2) is 0 Å². The average Bonchev–Trinajstić information content (AvgIpc) is 2.40. The van der Waals surface area contributed by atoms with Crippen LogP contribution in [0.2, 0.25) is 5.28 Å². The first-order valence-corrected chi connectivity index (χ1v) is 8.94. The van der Waals surface area contributed by atoms with Crippen molar-refractivity contribution in [2.45, 2.75) is 4.90 Å². The van der Waals surface area contributed by atoms with Gasteiger partial charge in [-0.1, -0.05) is 12.1 Å². The molecule has 112 valence electrons. The van der Waals surface area contributed by atoms with Crippen LogP contribution in [0.1, 0.15) is 0 Å². The van der Waals surface area contributed by atoms with Crippen LogP contribution in [-0.4, -0.2) is 29.9 Å². The van der Waals surface area contributed by atoms with Crippen LogP contribution in [-0.2, 0) is 10.0 Å². The number of rotatable bonds is 6. The number of hydrogen-bond acceptors (Lipinski definition) is 6. The first-order valence-electron chi connectivity index (χ1n) is 5.92. The lowest BCUT2D eigenvalue weighted by molar-refractivity contribution is 0.602. The van der Waals surface area contributed by atoms with Crippen molar-refractivity contribution in [1.82, 2.24) is 9.97 Å². The maximum Gasteiger partial charge on any atom is 0.234 e. The van der Waals surface area contributed by atoms with Gasteiger partial charge in [-0.25, -0.2) is 13.4 Å². The van der Waals surface area contributed by atoms with Crippen molar-refractivity contribution >= 4 is 44.9 Å². The van der Waals surface area contributed by atoms with Gasteiger partial charge in [0.05, 0.1) is 5.75 Å². The molecule has 0 aliphatic heterocycles. The van der Waals surface area contributed by atoms with Crippen LogP contribution < -0.4 is 10.5 Å². The van der Waals surface area contributed by atoms with Crippen LogP contribution in [0.15, 0.2) is 41.4 Å². The predicted octanol–water partition coefficient (Wildman–Crippen LogP) is 2.25. The molecule has 0 amide bonds. The number of aromatic nitrogens is 2. The van der Waals surface area contributed by atoms with E-state index in [0.29, 0.717) is 11.4 Å². The summed E-state index contributed by atoms with van der Waals surface area (Å²) in [4.78, 5) is 8.32. The Balaban J connectivity index is 1.91. The second-order valence-corrected chi connectivity index (χ2v) is 7.33. The standard InChI is InChI=1S/C12H13ClN4O2S2/c13-12-15-6-5-11(16-12)17-21(18,19)8-7-20-10-4-2-1-3-9(10)14/h1-6H,7-8,14H2,(H,15,16,17). The van der Waals surface area contributed by atoms with Crippen molar-refractivity contribution < 1.29 is 8.42 Å². The molecule has 0 spiro atoms. The minimum absolute atomic E-state index is 0.0124. The minimum Gasteiger partial charge on any atom is -0.398 e. The zero-order valence-electron chi connectivity index (χ0n) is 10.9. The Hall–Kier alpha value is -1.51. The summed E-state index contributed by atoms with van der Waals surface area (Å²) in [5.74, 6) is 0.468. The molecule has 0 aliphatic rings. The average molecular weight is 345 g/mol. The molecule has 0 bridgehead atoms. The normalized spacial score (nSPS) is 11.3. The van der Waals surface area contributed by atoms with E-state index >= 15 is 0 Å². The third-order valence-corrected chi connectivity index (χ3v) is 5.21. The van der Waals surface area contributed by atoms with Gasteiger partial charge in [-0.05, 0) is 29.8 Å². The second kappa shape index (κ2) is 6.97. The lowest BCUT2D eigenvalue weighted by Gasteiger charge is -2.08. The Morgan fingerprint density at radius 1 is 1.29 bits per heavy atom. The fraction of sp³-hybridized carbons (Fsp3) is 0.167. The van der Waals surface area contributed by atoms with E-state index in [2.05, 4.69) is 14.7 Å².